The minimum atomic E-state index is -4.54. The average molecular weight is 368 g/mol. The van der Waals surface area contributed by atoms with Crippen LogP contribution in [0.25, 0.3) is 11.0 Å². The molecule has 0 atom stereocenters. The lowest BCUT2D eigenvalue weighted by Crippen LogP contribution is -2.11. The van der Waals surface area contributed by atoms with E-state index in [1.165, 1.54) is 36.0 Å². The summed E-state index contributed by atoms with van der Waals surface area (Å²) in [6.45, 7) is 2.00. The van der Waals surface area contributed by atoms with Crippen LogP contribution in [0.5, 0.6) is 0 Å². The van der Waals surface area contributed by atoms with Crippen molar-refractivity contribution in [1.82, 2.24) is 9.97 Å². The Morgan fingerprint density at radius 1 is 1.17 bits per heavy atom. The second-order valence-electron chi connectivity index (χ2n) is 5.30. The number of halogens is 2. The Balaban J connectivity index is 1.72. The van der Waals surface area contributed by atoms with Crippen molar-refractivity contribution in [3.63, 3.8) is 0 Å². The number of aromatic amines is 1. The highest BCUT2D eigenvalue weighted by molar-refractivity contribution is 7.98. The smallest absolute Gasteiger partial charge is 0.333 e. The number of hydrogen-bond donors (Lipinski definition) is 1. The first-order chi connectivity index (χ1) is 11.4. The topological polar surface area (TPSA) is 62.8 Å². The molecule has 8 heteroatoms. The molecule has 0 bridgehead atoms. The minimum absolute atomic E-state index is 0.370. The molecule has 4 nitrogen and oxygen atoms in total. The summed E-state index contributed by atoms with van der Waals surface area (Å²) < 4.78 is 47.7. The summed E-state index contributed by atoms with van der Waals surface area (Å²) in [4.78, 5) is 7.31. The molecular weight excluding hydrogens is 354 g/mol. The number of aryl methyl sites for hydroxylation is 1. The predicted molar refractivity (Wildman–Crippen MR) is 90.0 cm³/mol. The van der Waals surface area contributed by atoms with Crippen molar-refractivity contribution in [2.75, 3.05) is 0 Å². The molecule has 0 amide bonds. The molecule has 126 valence electrons. The number of aromatic nitrogens is 2. The van der Waals surface area contributed by atoms with E-state index in [2.05, 4.69) is 9.97 Å². The highest BCUT2D eigenvalue weighted by Crippen LogP contribution is 2.25. The summed E-state index contributed by atoms with van der Waals surface area (Å²) in [6, 6.07) is 11.4. The molecule has 2 aromatic carbocycles. The fourth-order valence-corrected chi connectivity index (χ4v) is 3.76. The Labute approximate surface area is 142 Å². The molecule has 1 N–H and O–H groups in total. The number of nitrogens with one attached hydrogen (secondary N) is 1. The summed E-state index contributed by atoms with van der Waals surface area (Å²) >= 11 is 1.46. The van der Waals surface area contributed by atoms with E-state index in [4.69, 9.17) is 0 Å². The van der Waals surface area contributed by atoms with E-state index in [-0.39, 0.29) is 4.90 Å². The van der Waals surface area contributed by atoms with Gasteiger partial charge in [-0.15, -0.1) is 0 Å². The zero-order valence-corrected chi connectivity index (χ0v) is 14.3. The van der Waals surface area contributed by atoms with E-state index in [1.807, 2.05) is 25.1 Å². The van der Waals surface area contributed by atoms with Crippen LogP contribution >= 0.6 is 11.8 Å². The first kappa shape index (κ1) is 16.9. The molecule has 0 aliphatic carbocycles. The zero-order chi connectivity index (χ0) is 17.3. The van der Waals surface area contributed by atoms with E-state index < -0.39 is 15.6 Å². The van der Waals surface area contributed by atoms with E-state index in [9.17, 15) is 17.2 Å². The minimum Gasteiger partial charge on any atom is -0.333 e. The van der Waals surface area contributed by atoms with Crippen LogP contribution in [-0.2, 0) is 15.6 Å². The van der Waals surface area contributed by atoms with Gasteiger partial charge in [0.1, 0.15) is 0 Å². The van der Waals surface area contributed by atoms with Gasteiger partial charge >= 0.3 is 5.76 Å². The van der Waals surface area contributed by atoms with Gasteiger partial charge < -0.3 is 4.98 Å². The highest BCUT2D eigenvalue weighted by atomic mass is 32.2. The average Bonchev–Trinajstić information content (AvgIpc) is 2.95. The van der Waals surface area contributed by atoms with Gasteiger partial charge in [-0.1, -0.05) is 30.0 Å². The van der Waals surface area contributed by atoms with Gasteiger partial charge in [0.2, 0.25) is 9.84 Å². The first-order valence-electron chi connectivity index (χ1n) is 7.06. The normalized spacial score (nSPS) is 12.2. The lowest BCUT2D eigenvalue weighted by atomic mass is 10.2. The highest BCUT2D eigenvalue weighted by Gasteiger charge is 2.26. The maximum atomic E-state index is 12.5. The molecule has 0 unspecified atom stereocenters. The van der Waals surface area contributed by atoms with Gasteiger partial charge in [-0.3, -0.25) is 0 Å². The van der Waals surface area contributed by atoms with Crippen molar-refractivity contribution in [2.45, 2.75) is 28.5 Å². The molecule has 24 heavy (non-hydrogen) atoms. The molecule has 0 saturated heterocycles. The van der Waals surface area contributed by atoms with Gasteiger partial charge in [0.05, 0.1) is 15.9 Å². The number of benzene rings is 2. The second kappa shape index (κ2) is 6.52. The van der Waals surface area contributed by atoms with Crippen molar-refractivity contribution in [3.8, 4) is 0 Å². The van der Waals surface area contributed by atoms with Gasteiger partial charge in [0, 0.05) is 5.75 Å². The van der Waals surface area contributed by atoms with Gasteiger partial charge in [0.15, 0.2) is 5.16 Å². The van der Waals surface area contributed by atoms with Crippen LogP contribution in [0, 0.1) is 6.92 Å². The molecular formula is C16H14F2N2O2S2. The van der Waals surface area contributed by atoms with Crippen LogP contribution in [0.3, 0.4) is 0 Å². The van der Waals surface area contributed by atoms with Gasteiger partial charge in [-0.25, -0.2) is 13.4 Å². The van der Waals surface area contributed by atoms with Crippen LogP contribution < -0.4 is 0 Å². The number of H-pyrrole nitrogens is 1. The summed E-state index contributed by atoms with van der Waals surface area (Å²) in [6.07, 6.45) is 0. The third-order valence-electron chi connectivity index (χ3n) is 3.48. The maximum absolute atomic E-state index is 12.5. The Morgan fingerprint density at radius 2 is 1.88 bits per heavy atom. The molecule has 0 aliphatic heterocycles. The number of alkyl halides is 2. The van der Waals surface area contributed by atoms with Crippen LogP contribution in [-0.4, -0.2) is 24.1 Å². The van der Waals surface area contributed by atoms with Crippen molar-refractivity contribution >= 4 is 32.6 Å². The molecule has 1 aromatic heterocycles. The Bertz CT molecular complexity index is 967. The van der Waals surface area contributed by atoms with Crippen LogP contribution in [0.4, 0.5) is 8.78 Å². The van der Waals surface area contributed by atoms with Crippen molar-refractivity contribution in [3.05, 3.63) is 53.6 Å². The molecule has 0 radical (unpaired) electrons. The molecule has 0 saturated carbocycles. The molecule has 1 heterocycles. The summed E-state index contributed by atoms with van der Waals surface area (Å²) in [7, 11) is -4.54. The number of imidazole rings is 1. The number of nitrogens with zero attached hydrogens (tertiary/aromatic N) is 1. The molecule has 0 fully saturated rings. The summed E-state index contributed by atoms with van der Waals surface area (Å²) in [5.41, 5.74) is 3.79. The monoisotopic (exact) mass is 368 g/mol. The van der Waals surface area contributed by atoms with E-state index in [1.54, 1.807) is 0 Å². The Kier molecular flexibility index (Phi) is 4.60. The van der Waals surface area contributed by atoms with Gasteiger partial charge in [-0.2, -0.15) is 8.78 Å². The molecule has 3 aromatic rings. The number of hydrogen-bond acceptors (Lipinski definition) is 4. The standard InChI is InChI=1S/C16H14F2N2O2S2/c1-10-2-7-13-14(8-10)20-16(19-13)23-9-11-3-5-12(6-4-11)24(21,22)15(17)18/h2-8,15H,9H2,1H3,(H,19,20). The first-order valence-corrected chi connectivity index (χ1v) is 9.59. The van der Waals surface area contributed by atoms with Crippen molar-refractivity contribution in [2.24, 2.45) is 0 Å². The maximum Gasteiger partial charge on any atom is 0.341 e. The van der Waals surface area contributed by atoms with Crippen LogP contribution in [0.1, 0.15) is 11.1 Å². The number of rotatable bonds is 5. The fourth-order valence-electron chi connectivity index (χ4n) is 2.20. The Hall–Kier alpha value is -1.93. The molecule has 0 spiro atoms. The zero-order valence-electron chi connectivity index (χ0n) is 12.7. The third-order valence-corrected chi connectivity index (χ3v) is 5.82. The second-order valence-corrected chi connectivity index (χ2v) is 8.18. The third kappa shape index (κ3) is 3.44. The quantitative estimate of drug-likeness (QED) is 0.687. The number of thioether (sulfide) groups is 1. The fraction of sp³-hybridized carbons (Fsp3) is 0.188. The summed E-state index contributed by atoms with van der Waals surface area (Å²) in [5.74, 6) is -2.86. The molecule has 0 aliphatic rings. The number of sulfone groups is 1. The van der Waals surface area contributed by atoms with Gasteiger partial charge in [-0.05, 0) is 42.3 Å². The van der Waals surface area contributed by atoms with E-state index in [0.29, 0.717) is 5.75 Å². The van der Waals surface area contributed by atoms with E-state index in [0.717, 1.165) is 27.3 Å². The largest absolute Gasteiger partial charge is 0.341 e. The van der Waals surface area contributed by atoms with E-state index >= 15 is 0 Å². The van der Waals surface area contributed by atoms with Crippen molar-refractivity contribution in [1.29, 1.82) is 0 Å². The van der Waals surface area contributed by atoms with Gasteiger partial charge in [0.25, 0.3) is 0 Å². The lowest BCUT2D eigenvalue weighted by molar-refractivity contribution is 0.234. The predicted octanol–water partition coefficient (Wildman–Crippen LogP) is 4.16. The van der Waals surface area contributed by atoms with Crippen LogP contribution in [0.2, 0.25) is 0 Å². The van der Waals surface area contributed by atoms with Crippen LogP contribution in [0.15, 0.2) is 52.5 Å². The summed E-state index contributed by atoms with van der Waals surface area (Å²) in [5, 5.41) is 0.750. The SMILES string of the molecule is Cc1ccc2nc(SCc3ccc(S(=O)(=O)C(F)F)cc3)[nH]c2c1. The number of fused-ring (bicyclic) bond motifs is 1. The van der Waals surface area contributed by atoms with Crippen molar-refractivity contribution < 1.29 is 17.2 Å². The lowest BCUT2D eigenvalue weighted by Gasteiger charge is -2.04. The Morgan fingerprint density at radius 3 is 2.54 bits per heavy atom. The molecule has 3 rings (SSSR count).